The number of morpholine rings is 1. The Kier molecular flexibility index (Phi) is 5.26. The minimum absolute atomic E-state index is 0.00836. The highest BCUT2D eigenvalue weighted by molar-refractivity contribution is 5.77. The summed E-state index contributed by atoms with van der Waals surface area (Å²) >= 11 is 0. The van der Waals surface area contributed by atoms with Crippen molar-refractivity contribution >= 4 is 17.6 Å². The molecule has 1 aromatic rings. The number of amidine groups is 1. The van der Waals surface area contributed by atoms with Gasteiger partial charge in [0.25, 0.3) is 11.5 Å². The molecule has 1 fully saturated rings. The molecule has 0 spiro atoms. The molecule has 118 valence electrons. The molecule has 0 saturated carbocycles. The number of nitrogens with two attached hydrogens (primary N) is 1. The van der Waals surface area contributed by atoms with Crippen LogP contribution in [-0.2, 0) is 16.0 Å². The number of nitro benzene ring substituents is 1. The van der Waals surface area contributed by atoms with Crippen LogP contribution in [0.3, 0.4) is 0 Å². The Morgan fingerprint density at radius 2 is 2.00 bits per heavy atom. The smallest absolute Gasteiger partial charge is 0.378 e. The number of nitrogens with one attached hydrogen (secondary N) is 1. The van der Waals surface area contributed by atoms with E-state index in [1.807, 2.05) is 0 Å². The van der Waals surface area contributed by atoms with E-state index in [0.717, 1.165) is 5.56 Å². The summed E-state index contributed by atoms with van der Waals surface area (Å²) in [4.78, 5) is 28.2. The largest absolute Gasteiger partial charge is 0.454 e. The zero-order valence-electron chi connectivity index (χ0n) is 11.9. The molecule has 1 aliphatic rings. The molecular formula is C13H17N4O5+. The number of non-ortho nitro benzene ring substituents is 1. The molecule has 1 amide bonds. The molecule has 1 heterocycles. The molecule has 2 rings (SSSR count). The first kappa shape index (κ1) is 15.7. The second kappa shape index (κ2) is 7.36. The summed E-state index contributed by atoms with van der Waals surface area (Å²) < 4.78 is 5.13. The SMILES string of the molecule is NC(Cc1ccc([N+](=O)[O-])cc1)=[NH+]OC(=O)N1CCOCC1. The Balaban J connectivity index is 1.86. The van der Waals surface area contributed by atoms with Crippen LogP contribution in [0, 0.1) is 10.1 Å². The van der Waals surface area contributed by atoms with E-state index in [0.29, 0.717) is 26.3 Å². The molecule has 3 N–H and O–H groups in total. The van der Waals surface area contributed by atoms with E-state index in [-0.39, 0.29) is 17.9 Å². The number of nitrogens with zero attached hydrogens (tertiary/aromatic N) is 2. The molecule has 1 saturated heterocycles. The third-order valence-electron chi connectivity index (χ3n) is 3.08. The minimum atomic E-state index is -0.519. The van der Waals surface area contributed by atoms with Crippen molar-refractivity contribution in [3.63, 3.8) is 0 Å². The normalized spacial score (nSPS) is 15.5. The van der Waals surface area contributed by atoms with Gasteiger partial charge < -0.3 is 9.64 Å². The Morgan fingerprint density at radius 3 is 2.59 bits per heavy atom. The maximum absolute atomic E-state index is 11.7. The van der Waals surface area contributed by atoms with Crippen LogP contribution in [0.2, 0.25) is 0 Å². The van der Waals surface area contributed by atoms with Crippen molar-refractivity contribution in [3.05, 3.63) is 39.9 Å². The Hall–Kier alpha value is -2.68. The highest BCUT2D eigenvalue weighted by atomic mass is 16.7. The number of hydrogen-bond donors (Lipinski definition) is 2. The van der Waals surface area contributed by atoms with Crippen molar-refractivity contribution in [2.75, 3.05) is 26.3 Å². The molecule has 1 aromatic carbocycles. The Morgan fingerprint density at radius 1 is 1.36 bits per heavy atom. The van der Waals surface area contributed by atoms with Gasteiger partial charge in [0.2, 0.25) is 0 Å². The van der Waals surface area contributed by atoms with Gasteiger partial charge in [-0.15, -0.1) is 0 Å². The monoisotopic (exact) mass is 309 g/mol. The predicted molar refractivity (Wildman–Crippen MR) is 75.8 cm³/mol. The topological polar surface area (TPSA) is 122 Å². The van der Waals surface area contributed by atoms with E-state index in [1.165, 1.54) is 17.0 Å². The summed E-state index contributed by atoms with van der Waals surface area (Å²) in [5.74, 6) is 0.232. The summed E-state index contributed by atoms with van der Waals surface area (Å²) in [6.45, 7) is 1.92. The molecule has 0 aliphatic carbocycles. The van der Waals surface area contributed by atoms with Crippen molar-refractivity contribution < 1.29 is 24.4 Å². The van der Waals surface area contributed by atoms with Crippen LogP contribution in [0.5, 0.6) is 0 Å². The van der Waals surface area contributed by atoms with Gasteiger partial charge >= 0.3 is 6.09 Å². The van der Waals surface area contributed by atoms with E-state index in [1.54, 1.807) is 12.1 Å². The maximum Gasteiger partial charge on any atom is 0.454 e. The van der Waals surface area contributed by atoms with Crippen LogP contribution in [-0.4, -0.2) is 48.1 Å². The zero-order valence-corrected chi connectivity index (χ0v) is 11.9. The fourth-order valence-corrected chi connectivity index (χ4v) is 1.91. The first-order valence-electron chi connectivity index (χ1n) is 6.70. The van der Waals surface area contributed by atoms with Gasteiger partial charge in [-0.05, 0) is 5.56 Å². The number of hydrogen-bond acceptors (Lipinski definition) is 5. The second-order valence-corrected chi connectivity index (χ2v) is 4.70. The van der Waals surface area contributed by atoms with Crippen molar-refractivity contribution in [3.8, 4) is 0 Å². The first-order chi connectivity index (χ1) is 10.6. The second-order valence-electron chi connectivity index (χ2n) is 4.70. The van der Waals surface area contributed by atoms with Crippen molar-refractivity contribution in [1.82, 2.24) is 4.90 Å². The fourth-order valence-electron chi connectivity index (χ4n) is 1.91. The first-order valence-corrected chi connectivity index (χ1v) is 6.70. The molecular weight excluding hydrogens is 292 g/mol. The van der Waals surface area contributed by atoms with Gasteiger partial charge in [-0.3, -0.25) is 15.8 Å². The average Bonchev–Trinajstić information content (AvgIpc) is 2.54. The number of ether oxygens (including phenoxy) is 1. The fraction of sp³-hybridized carbons (Fsp3) is 0.385. The lowest BCUT2D eigenvalue weighted by atomic mass is 10.1. The lowest BCUT2D eigenvalue weighted by Crippen LogP contribution is -2.77. The van der Waals surface area contributed by atoms with Gasteiger partial charge in [0.1, 0.15) is 0 Å². The quantitative estimate of drug-likeness (QED) is 0.241. The van der Waals surface area contributed by atoms with Crippen LogP contribution < -0.4 is 10.9 Å². The molecule has 9 heteroatoms. The third-order valence-corrected chi connectivity index (χ3v) is 3.08. The molecule has 0 radical (unpaired) electrons. The van der Waals surface area contributed by atoms with Crippen LogP contribution in [0.4, 0.5) is 10.5 Å². The third kappa shape index (κ3) is 4.42. The standard InChI is InChI=1S/C13H16N4O5/c14-12(9-10-1-3-11(4-2-10)17(19)20)15-22-13(18)16-5-7-21-8-6-16/h1-4H,5-9H2,(H2,14,15)/p+1. The number of benzene rings is 1. The number of amides is 1. The Labute approximate surface area is 126 Å². The molecule has 0 bridgehead atoms. The highest BCUT2D eigenvalue weighted by Gasteiger charge is 2.19. The zero-order chi connectivity index (χ0) is 15.9. The lowest BCUT2D eigenvalue weighted by molar-refractivity contribution is -0.724. The number of carbonyl (C=O) groups is 1. The van der Waals surface area contributed by atoms with E-state index < -0.39 is 11.0 Å². The summed E-state index contributed by atoms with van der Waals surface area (Å²) in [6, 6.07) is 5.97. The lowest BCUT2D eigenvalue weighted by Gasteiger charge is -2.23. The van der Waals surface area contributed by atoms with Crippen molar-refractivity contribution in [2.45, 2.75) is 6.42 Å². The Bertz CT molecular complexity index is 566. The minimum Gasteiger partial charge on any atom is -0.378 e. The van der Waals surface area contributed by atoms with Crippen molar-refractivity contribution in [1.29, 1.82) is 0 Å². The molecule has 0 aromatic heterocycles. The van der Waals surface area contributed by atoms with Gasteiger partial charge in [-0.25, -0.2) is 9.63 Å². The molecule has 0 atom stereocenters. The number of nitro groups is 1. The van der Waals surface area contributed by atoms with E-state index in [4.69, 9.17) is 15.3 Å². The number of carbonyl (C=O) groups excluding carboxylic acids is 1. The summed E-state index contributed by atoms with van der Waals surface area (Å²) in [7, 11) is 0. The van der Waals surface area contributed by atoms with E-state index in [2.05, 4.69) is 5.16 Å². The van der Waals surface area contributed by atoms with Gasteiger partial charge in [-0.1, -0.05) is 17.3 Å². The summed E-state index contributed by atoms with van der Waals surface area (Å²) in [5, 5.41) is 12.9. The van der Waals surface area contributed by atoms with Crippen LogP contribution >= 0.6 is 0 Å². The van der Waals surface area contributed by atoms with Gasteiger partial charge in [0, 0.05) is 25.2 Å². The van der Waals surface area contributed by atoms with Crippen LogP contribution in [0.15, 0.2) is 24.3 Å². The van der Waals surface area contributed by atoms with Crippen LogP contribution in [0.1, 0.15) is 5.56 Å². The molecule has 1 aliphatic heterocycles. The predicted octanol–water partition coefficient (Wildman–Crippen LogP) is -1.04. The highest BCUT2D eigenvalue weighted by Crippen LogP contribution is 2.11. The van der Waals surface area contributed by atoms with E-state index >= 15 is 0 Å². The van der Waals surface area contributed by atoms with Gasteiger partial charge in [0.05, 0.1) is 24.6 Å². The van der Waals surface area contributed by atoms with E-state index in [9.17, 15) is 14.9 Å². The van der Waals surface area contributed by atoms with Gasteiger partial charge in [0.15, 0.2) is 0 Å². The number of rotatable bonds is 4. The van der Waals surface area contributed by atoms with Gasteiger partial charge in [-0.2, -0.15) is 0 Å². The maximum atomic E-state index is 11.7. The molecule has 22 heavy (non-hydrogen) atoms. The molecule has 0 unspecified atom stereocenters. The van der Waals surface area contributed by atoms with Crippen molar-refractivity contribution in [2.24, 2.45) is 5.73 Å². The summed E-state index contributed by atoms with van der Waals surface area (Å²) in [5.41, 5.74) is 6.50. The average molecular weight is 309 g/mol. The van der Waals surface area contributed by atoms with Crippen LogP contribution in [0.25, 0.3) is 0 Å². The summed E-state index contributed by atoms with van der Waals surface area (Å²) in [6.07, 6.45) is -0.232. The molecule has 9 nitrogen and oxygen atoms in total.